The van der Waals surface area contributed by atoms with Gasteiger partial charge in [-0.3, -0.25) is 0 Å². The third-order valence-electron chi connectivity index (χ3n) is 2.59. The Labute approximate surface area is 97.9 Å². The van der Waals surface area contributed by atoms with Crippen LogP contribution in [0.5, 0.6) is 0 Å². The second-order valence-corrected chi connectivity index (χ2v) is 3.75. The van der Waals surface area contributed by atoms with Gasteiger partial charge in [0.15, 0.2) is 0 Å². The molecule has 2 rings (SSSR count). The largest absolute Gasteiger partial charge is 0.466 e. The van der Waals surface area contributed by atoms with Gasteiger partial charge in [0.25, 0.3) is 0 Å². The molecule has 0 atom stereocenters. The fourth-order valence-electron chi connectivity index (χ4n) is 1.72. The van der Waals surface area contributed by atoms with Crippen LogP contribution in [0.3, 0.4) is 0 Å². The highest BCUT2D eigenvalue weighted by atomic mass is 19.1. The molecule has 1 N–H and O–H groups in total. The maximum atomic E-state index is 13.4. The molecule has 0 spiro atoms. The highest BCUT2D eigenvalue weighted by molar-refractivity contribution is 5.94. The highest BCUT2D eigenvalue weighted by Gasteiger charge is 2.06. The number of hydrogen-bond acceptors (Lipinski definition) is 2. The monoisotopic (exact) mass is 233 g/mol. The maximum Gasteiger partial charge on any atom is 0.330 e. The average molecular weight is 233 g/mol. The number of halogens is 1. The van der Waals surface area contributed by atoms with Gasteiger partial charge in [-0.05, 0) is 30.7 Å². The fraction of sp³-hybridized carbons (Fsp3) is 0.154. The van der Waals surface area contributed by atoms with Gasteiger partial charge in [0, 0.05) is 23.2 Å². The van der Waals surface area contributed by atoms with E-state index in [1.165, 1.54) is 31.4 Å². The first-order valence-corrected chi connectivity index (χ1v) is 5.15. The van der Waals surface area contributed by atoms with E-state index in [-0.39, 0.29) is 5.82 Å². The number of ether oxygens (including phenoxy) is 1. The number of aryl methyl sites for hydroxylation is 1. The van der Waals surface area contributed by atoms with E-state index in [0.29, 0.717) is 5.56 Å². The zero-order chi connectivity index (χ0) is 12.4. The van der Waals surface area contributed by atoms with Gasteiger partial charge in [0.2, 0.25) is 0 Å². The van der Waals surface area contributed by atoms with Crippen molar-refractivity contribution < 1.29 is 13.9 Å². The van der Waals surface area contributed by atoms with Gasteiger partial charge >= 0.3 is 5.97 Å². The van der Waals surface area contributed by atoms with Crippen molar-refractivity contribution in [1.82, 2.24) is 4.98 Å². The van der Waals surface area contributed by atoms with Crippen molar-refractivity contribution in [1.29, 1.82) is 0 Å². The Bertz CT molecular complexity index is 599. The minimum Gasteiger partial charge on any atom is -0.466 e. The predicted molar refractivity (Wildman–Crippen MR) is 64.0 cm³/mol. The molecule has 88 valence electrons. The van der Waals surface area contributed by atoms with E-state index < -0.39 is 5.97 Å². The topological polar surface area (TPSA) is 42.1 Å². The number of aromatic nitrogens is 1. The summed E-state index contributed by atoms with van der Waals surface area (Å²) in [5.41, 5.74) is 2.40. The normalized spacial score (nSPS) is 11.2. The van der Waals surface area contributed by atoms with Crippen molar-refractivity contribution in [3.63, 3.8) is 0 Å². The third kappa shape index (κ3) is 2.20. The molecule has 2 aromatic rings. The second kappa shape index (κ2) is 4.41. The van der Waals surface area contributed by atoms with Crippen LogP contribution in [0.4, 0.5) is 4.39 Å². The van der Waals surface area contributed by atoms with Gasteiger partial charge < -0.3 is 9.72 Å². The summed E-state index contributed by atoms with van der Waals surface area (Å²) in [6, 6.07) is 2.84. The Kier molecular flexibility index (Phi) is 2.95. The highest BCUT2D eigenvalue weighted by Crippen LogP contribution is 2.23. The molecule has 4 heteroatoms. The summed E-state index contributed by atoms with van der Waals surface area (Å²) in [7, 11) is 1.30. The number of H-pyrrole nitrogens is 1. The first-order valence-electron chi connectivity index (χ1n) is 5.15. The third-order valence-corrected chi connectivity index (χ3v) is 2.59. The number of carbonyl (C=O) groups excluding carboxylic acids is 1. The number of hydrogen-bond donors (Lipinski definition) is 1. The van der Waals surface area contributed by atoms with E-state index >= 15 is 0 Å². The molecule has 0 fully saturated rings. The van der Waals surface area contributed by atoms with E-state index in [2.05, 4.69) is 9.72 Å². The first kappa shape index (κ1) is 11.4. The van der Waals surface area contributed by atoms with E-state index in [4.69, 9.17) is 0 Å². The van der Waals surface area contributed by atoms with Crippen LogP contribution in [0.2, 0.25) is 0 Å². The number of aromatic amines is 1. The summed E-state index contributed by atoms with van der Waals surface area (Å²) in [5, 5.41) is 0.814. The number of esters is 1. The van der Waals surface area contributed by atoms with Crippen molar-refractivity contribution in [2.24, 2.45) is 0 Å². The van der Waals surface area contributed by atoms with Crippen LogP contribution in [0, 0.1) is 12.7 Å². The molecule has 0 saturated heterocycles. The lowest BCUT2D eigenvalue weighted by molar-refractivity contribution is -0.134. The summed E-state index contributed by atoms with van der Waals surface area (Å²) < 4.78 is 17.9. The van der Waals surface area contributed by atoms with Crippen LogP contribution < -0.4 is 0 Å². The fourth-order valence-corrected chi connectivity index (χ4v) is 1.72. The molecule has 0 unspecified atom stereocenters. The Morgan fingerprint density at radius 3 is 2.94 bits per heavy atom. The van der Waals surface area contributed by atoms with Crippen molar-refractivity contribution in [3.8, 4) is 0 Å². The first-order chi connectivity index (χ1) is 8.11. The minimum absolute atomic E-state index is 0.329. The van der Waals surface area contributed by atoms with Crippen molar-refractivity contribution in [2.75, 3.05) is 7.11 Å². The zero-order valence-corrected chi connectivity index (χ0v) is 9.58. The molecule has 1 aromatic heterocycles. The lowest BCUT2D eigenvalue weighted by Crippen LogP contribution is -1.93. The van der Waals surface area contributed by atoms with Crippen molar-refractivity contribution in [3.05, 3.63) is 41.3 Å². The Morgan fingerprint density at radius 2 is 2.24 bits per heavy atom. The maximum absolute atomic E-state index is 13.4. The van der Waals surface area contributed by atoms with Gasteiger partial charge in [0.05, 0.1) is 12.6 Å². The summed E-state index contributed by atoms with van der Waals surface area (Å²) in [6.07, 6.45) is 4.61. The summed E-state index contributed by atoms with van der Waals surface area (Å²) in [4.78, 5) is 14.1. The molecule has 3 nitrogen and oxygen atoms in total. The molecule has 1 aromatic carbocycles. The van der Waals surface area contributed by atoms with Crippen LogP contribution in [0.25, 0.3) is 17.0 Å². The van der Waals surface area contributed by atoms with Crippen molar-refractivity contribution >= 4 is 22.9 Å². The van der Waals surface area contributed by atoms with Gasteiger partial charge in [-0.2, -0.15) is 0 Å². The lowest BCUT2D eigenvalue weighted by Gasteiger charge is -1.99. The Balaban J connectivity index is 2.53. The minimum atomic E-state index is -0.467. The van der Waals surface area contributed by atoms with Crippen molar-refractivity contribution in [2.45, 2.75) is 6.92 Å². The molecule has 0 amide bonds. The number of fused-ring (bicyclic) bond motifs is 1. The van der Waals surface area contributed by atoms with Crippen LogP contribution in [0.1, 0.15) is 11.1 Å². The molecule has 0 bridgehead atoms. The molecule has 0 aliphatic carbocycles. The zero-order valence-electron chi connectivity index (χ0n) is 9.58. The summed E-state index contributed by atoms with van der Waals surface area (Å²) >= 11 is 0. The summed E-state index contributed by atoms with van der Waals surface area (Å²) in [6.45, 7) is 1.89. The van der Waals surface area contributed by atoms with Gasteiger partial charge in [-0.25, -0.2) is 9.18 Å². The Morgan fingerprint density at radius 1 is 1.47 bits per heavy atom. The molecule has 0 aliphatic heterocycles. The molecule has 1 heterocycles. The number of methoxy groups -OCH3 is 1. The molecule has 0 aliphatic rings. The number of nitrogens with one attached hydrogen (secondary N) is 1. The standard InChI is InChI=1S/C13H12FNO2/c1-8-7-15-13-9(3-4-12(16)17-2)5-10(14)6-11(8)13/h3-7,15H,1-2H3/b4-3+. The number of benzene rings is 1. The summed E-state index contributed by atoms with van der Waals surface area (Å²) in [5.74, 6) is -0.796. The Hall–Kier alpha value is -2.10. The number of carbonyl (C=O) groups is 1. The molecule has 0 saturated carbocycles. The second-order valence-electron chi connectivity index (χ2n) is 3.75. The molecular formula is C13H12FNO2. The number of rotatable bonds is 2. The lowest BCUT2D eigenvalue weighted by atomic mass is 10.1. The molecule has 0 radical (unpaired) electrons. The van der Waals surface area contributed by atoms with Gasteiger partial charge in [0.1, 0.15) is 5.82 Å². The van der Waals surface area contributed by atoms with E-state index in [9.17, 15) is 9.18 Å². The van der Waals surface area contributed by atoms with Crippen LogP contribution in [-0.4, -0.2) is 18.1 Å². The van der Waals surface area contributed by atoms with E-state index in [1.807, 2.05) is 6.92 Å². The average Bonchev–Trinajstić information content (AvgIpc) is 2.68. The quantitative estimate of drug-likeness (QED) is 0.640. The van der Waals surface area contributed by atoms with Gasteiger partial charge in [-0.1, -0.05) is 0 Å². The van der Waals surface area contributed by atoms with E-state index in [0.717, 1.165) is 16.5 Å². The molecular weight excluding hydrogens is 221 g/mol. The smallest absolute Gasteiger partial charge is 0.330 e. The van der Waals surface area contributed by atoms with Gasteiger partial charge in [-0.15, -0.1) is 0 Å². The van der Waals surface area contributed by atoms with Crippen LogP contribution in [0.15, 0.2) is 24.4 Å². The van der Waals surface area contributed by atoms with Crippen LogP contribution >= 0.6 is 0 Å². The van der Waals surface area contributed by atoms with E-state index in [1.54, 1.807) is 6.20 Å². The van der Waals surface area contributed by atoms with Crippen LogP contribution in [-0.2, 0) is 9.53 Å². The SMILES string of the molecule is COC(=O)/C=C/c1cc(F)cc2c(C)c[nH]c12. The molecule has 17 heavy (non-hydrogen) atoms. The predicted octanol–water partition coefficient (Wildman–Crippen LogP) is 2.80.